The van der Waals surface area contributed by atoms with Crippen LogP contribution in [-0.2, 0) is 0 Å². The molecular weight excluding hydrogens is 210 g/mol. The average Bonchev–Trinajstić information content (AvgIpc) is 2.86. The Hall–Kier alpha value is -0.860. The van der Waals surface area contributed by atoms with Gasteiger partial charge in [-0.25, -0.2) is 0 Å². The number of hydrogen-bond acceptors (Lipinski definition) is 2. The smallest absolute Gasteiger partial charge is 0.0649 e. The highest BCUT2D eigenvalue weighted by Crippen LogP contribution is 2.34. The van der Waals surface area contributed by atoms with Crippen LogP contribution in [0.1, 0.15) is 42.7 Å². The van der Waals surface area contributed by atoms with Crippen molar-refractivity contribution in [3.05, 3.63) is 35.4 Å². The Labute approximate surface area is 104 Å². The van der Waals surface area contributed by atoms with Gasteiger partial charge >= 0.3 is 0 Å². The second-order valence-corrected chi connectivity index (χ2v) is 5.23. The Morgan fingerprint density at radius 2 is 1.94 bits per heavy atom. The number of aryl methyl sites for hydroxylation is 1. The summed E-state index contributed by atoms with van der Waals surface area (Å²) < 4.78 is 0. The van der Waals surface area contributed by atoms with Crippen molar-refractivity contribution >= 4 is 0 Å². The van der Waals surface area contributed by atoms with Crippen molar-refractivity contribution in [3.63, 3.8) is 0 Å². The highest BCUT2D eigenvalue weighted by atomic mass is 16.3. The van der Waals surface area contributed by atoms with E-state index in [1.165, 1.54) is 24.0 Å². The monoisotopic (exact) mass is 233 g/mol. The first-order valence-corrected chi connectivity index (χ1v) is 6.67. The molecule has 1 aliphatic rings. The lowest BCUT2D eigenvalue weighted by molar-refractivity contribution is 0.0849. The van der Waals surface area contributed by atoms with E-state index in [0.29, 0.717) is 12.5 Å². The highest BCUT2D eigenvalue weighted by molar-refractivity contribution is 5.30. The zero-order chi connectivity index (χ0) is 12.3. The van der Waals surface area contributed by atoms with E-state index in [2.05, 4.69) is 19.1 Å². The molecular formula is C15H23NO. The van der Waals surface area contributed by atoms with Crippen molar-refractivity contribution in [2.75, 3.05) is 6.54 Å². The highest BCUT2D eigenvalue weighted by Gasteiger charge is 2.30. The third kappa shape index (κ3) is 2.70. The van der Waals surface area contributed by atoms with E-state index >= 15 is 0 Å². The van der Waals surface area contributed by atoms with Crippen molar-refractivity contribution in [2.45, 2.75) is 44.6 Å². The van der Waals surface area contributed by atoms with Gasteiger partial charge in [0.2, 0.25) is 0 Å². The summed E-state index contributed by atoms with van der Waals surface area (Å²) in [7, 11) is 0. The minimum atomic E-state index is -0.274. The Morgan fingerprint density at radius 1 is 1.29 bits per heavy atom. The van der Waals surface area contributed by atoms with Gasteiger partial charge in [0.05, 0.1) is 6.10 Å². The van der Waals surface area contributed by atoms with Crippen molar-refractivity contribution in [1.29, 1.82) is 0 Å². The van der Waals surface area contributed by atoms with Crippen LogP contribution in [0, 0.1) is 12.8 Å². The lowest BCUT2D eigenvalue weighted by Gasteiger charge is -2.28. The largest absolute Gasteiger partial charge is 0.392 e. The maximum Gasteiger partial charge on any atom is 0.0649 e. The summed E-state index contributed by atoms with van der Waals surface area (Å²) in [4.78, 5) is 0. The summed E-state index contributed by atoms with van der Waals surface area (Å²) in [5, 5.41) is 10.5. The third-order valence-corrected chi connectivity index (χ3v) is 4.14. The van der Waals surface area contributed by atoms with Crippen LogP contribution < -0.4 is 5.73 Å². The van der Waals surface area contributed by atoms with Gasteiger partial charge in [0.1, 0.15) is 0 Å². The number of hydrogen-bond donors (Lipinski definition) is 2. The standard InChI is InChI=1S/C15H23NO/c1-11-6-2-5-9-13(11)14(10-16)15(17)12-7-3-4-8-12/h2,5-6,9,12,14-15,17H,3-4,7-8,10,16H2,1H3. The number of aliphatic hydroxyl groups excluding tert-OH is 1. The second-order valence-electron chi connectivity index (χ2n) is 5.23. The van der Waals surface area contributed by atoms with E-state index in [-0.39, 0.29) is 12.0 Å². The molecule has 1 fully saturated rings. The Morgan fingerprint density at radius 3 is 2.53 bits per heavy atom. The minimum absolute atomic E-state index is 0.0966. The van der Waals surface area contributed by atoms with Crippen LogP contribution in [0.3, 0.4) is 0 Å². The van der Waals surface area contributed by atoms with E-state index in [1.54, 1.807) is 0 Å². The molecule has 2 rings (SSSR count). The van der Waals surface area contributed by atoms with Crippen LogP contribution in [0.2, 0.25) is 0 Å². The minimum Gasteiger partial charge on any atom is -0.392 e. The molecule has 3 N–H and O–H groups in total. The van der Waals surface area contributed by atoms with Crippen LogP contribution in [-0.4, -0.2) is 17.8 Å². The SMILES string of the molecule is Cc1ccccc1C(CN)C(O)C1CCCC1. The molecule has 2 atom stereocenters. The van der Waals surface area contributed by atoms with E-state index in [1.807, 2.05) is 12.1 Å². The molecule has 1 aliphatic carbocycles. The van der Waals surface area contributed by atoms with Gasteiger partial charge in [0.15, 0.2) is 0 Å². The molecule has 2 nitrogen and oxygen atoms in total. The predicted molar refractivity (Wildman–Crippen MR) is 70.9 cm³/mol. The summed E-state index contributed by atoms with van der Waals surface area (Å²) in [6.07, 6.45) is 4.55. The molecule has 17 heavy (non-hydrogen) atoms. The zero-order valence-electron chi connectivity index (χ0n) is 10.6. The lowest BCUT2D eigenvalue weighted by Crippen LogP contribution is -2.31. The summed E-state index contributed by atoms with van der Waals surface area (Å²) in [6, 6.07) is 8.27. The first-order chi connectivity index (χ1) is 8.24. The molecule has 2 heteroatoms. The Kier molecular flexibility index (Phi) is 4.19. The molecule has 0 saturated heterocycles. The van der Waals surface area contributed by atoms with Gasteiger partial charge in [-0.1, -0.05) is 37.1 Å². The summed E-state index contributed by atoms with van der Waals surface area (Å²) in [5.74, 6) is 0.544. The quantitative estimate of drug-likeness (QED) is 0.839. The maximum absolute atomic E-state index is 10.5. The molecule has 0 amide bonds. The zero-order valence-corrected chi connectivity index (χ0v) is 10.6. The van der Waals surface area contributed by atoms with Crippen molar-refractivity contribution < 1.29 is 5.11 Å². The molecule has 0 bridgehead atoms. The maximum atomic E-state index is 10.5. The van der Waals surface area contributed by atoms with Gasteiger partial charge in [0, 0.05) is 12.5 Å². The molecule has 1 saturated carbocycles. The second kappa shape index (κ2) is 5.65. The molecule has 1 aromatic rings. The fourth-order valence-corrected chi connectivity index (χ4v) is 3.08. The summed E-state index contributed by atoms with van der Waals surface area (Å²) >= 11 is 0. The normalized spacial score (nSPS) is 20.4. The van der Waals surface area contributed by atoms with Crippen molar-refractivity contribution in [3.8, 4) is 0 Å². The van der Waals surface area contributed by atoms with Gasteiger partial charge in [-0.3, -0.25) is 0 Å². The van der Waals surface area contributed by atoms with Crippen LogP contribution in [0.25, 0.3) is 0 Å². The summed E-state index contributed by atoms with van der Waals surface area (Å²) in [5.41, 5.74) is 8.34. The van der Waals surface area contributed by atoms with Crippen LogP contribution in [0.4, 0.5) is 0 Å². The van der Waals surface area contributed by atoms with Crippen LogP contribution >= 0.6 is 0 Å². The number of nitrogens with two attached hydrogens (primary N) is 1. The van der Waals surface area contributed by atoms with Gasteiger partial charge in [0.25, 0.3) is 0 Å². The molecule has 2 unspecified atom stereocenters. The first kappa shape index (κ1) is 12.6. The average molecular weight is 233 g/mol. The fraction of sp³-hybridized carbons (Fsp3) is 0.600. The molecule has 0 heterocycles. The summed E-state index contributed by atoms with van der Waals surface area (Å²) in [6.45, 7) is 2.63. The predicted octanol–water partition coefficient (Wildman–Crippen LogP) is 2.59. The van der Waals surface area contributed by atoms with Crippen molar-refractivity contribution in [1.82, 2.24) is 0 Å². The van der Waals surface area contributed by atoms with E-state index in [0.717, 1.165) is 12.8 Å². The van der Waals surface area contributed by atoms with Gasteiger partial charge < -0.3 is 10.8 Å². The van der Waals surface area contributed by atoms with Gasteiger partial charge in [-0.05, 0) is 36.8 Å². The third-order valence-electron chi connectivity index (χ3n) is 4.14. The Balaban J connectivity index is 2.18. The molecule has 0 aliphatic heterocycles. The molecule has 1 aromatic carbocycles. The number of aliphatic hydroxyl groups is 1. The van der Waals surface area contributed by atoms with E-state index in [4.69, 9.17) is 5.73 Å². The van der Waals surface area contributed by atoms with E-state index < -0.39 is 0 Å². The topological polar surface area (TPSA) is 46.2 Å². The van der Waals surface area contributed by atoms with Gasteiger partial charge in [-0.2, -0.15) is 0 Å². The van der Waals surface area contributed by atoms with E-state index in [9.17, 15) is 5.11 Å². The molecule has 94 valence electrons. The van der Waals surface area contributed by atoms with Crippen LogP contribution in [0.15, 0.2) is 24.3 Å². The fourth-order valence-electron chi connectivity index (χ4n) is 3.08. The lowest BCUT2D eigenvalue weighted by atomic mass is 9.83. The molecule has 0 radical (unpaired) electrons. The van der Waals surface area contributed by atoms with Crippen LogP contribution in [0.5, 0.6) is 0 Å². The van der Waals surface area contributed by atoms with Crippen molar-refractivity contribution in [2.24, 2.45) is 11.7 Å². The Bertz CT molecular complexity index is 358. The molecule has 0 spiro atoms. The number of rotatable bonds is 4. The number of benzene rings is 1. The first-order valence-electron chi connectivity index (χ1n) is 6.67. The van der Waals surface area contributed by atoms with Gasteiger partial charge in [-0.15, -0.1) is 0 Å². The molecule has 0 aromatic heterocycles.